The molecule has 2 nitrogen and oxygen atoms in total. The quantitative estimate of drug-likeness (QED) is 0.763. The molecule has 13 heavy (non-hydrogen) atoms. The zero-order chi connectivity index (χ0) is 9.10. The number of rotatable bonds is 4. The van der Waals surface area contributed by atoms with E-state index in [-0.39, 0.29) is 0 Å². The highest BCUT2D eigenvalue weighted by atomic mass is 32.1. The first-order valence-corrected chi connectivity index (χ1v) is 5.74. The van der Waals surface area contributed by atoms with Crippen molar-refractivity contribution >= 4 is 11.3 Å². The monoisotopic (exact) mass is 196 g/mol. The van der Waals surface area contributed by atoms with E-state index >= 15 is 0 Å². The van der Waals surface area contributed by atoms with Gasteiger partial charge in [0.15, 0.2) is 0 Å². The van der Waals surface area contributed by atoms with Gasteiger partial charge in [0.25, 0.3) is 0 Å². The van der Waals surface area contributed by atoms with E-state index < -0.39 is 0 Å². The Bertz CT molecular complexity index is 239. The van der Waals surface area contributed by atoms with Gasteiger partial charge in [0, 0.05) is 23.5 Å². The van der Waals surface area contributed by atoms with Gasteiger partial charge in [0.05, 0.1) is 0 Å². The predicted octanol–water partition coefficient (Wildman–Crippen LogP) is 1.37. The topological polar surface area (TPSA) is 38.0 Å². The van der Waals surface area contributed by atoms with Crippen molar-refractivity contribution in [2.75, 3.05) is 6.54 Å². The molecule has 1 aromatic heterocycles. The minimum absolute atomic E-state index is 0.458. The Kier molecular flexibility index (Phi) is 2.98. The molecule has 0 saturated heterocycles. The van der Waals surface area contributed by atoms with Crippen molar-refractivity contribution < 1.29 is 0 Å². The second kappa shape index (κ2) is 4.22. The smallest absolute Gasteiger partial charge is 0.00966 e. The summed E-state index contributed by atoms with van der Waals surface area (Å²) in [5, 5.41) is 5.65. The maximum Gasteiger partial charge on any atom is 0.00966 e. The molecule has 0 aromatic carbocycles. The van der Waals surface area contributed by atoms with Crippen LogP contribution in [0, 0.1) is 0 Å². The molecule has 1 aliphatic carbocycles. The van der Waals surface area contributed by atoms with Gasteiger partial charge in [-0.1, -0.05) is 6.07 Å². The van der Waals surface area contributed by atoms with Gasteiger partial charge >= 0.3 is 0 Å². The van der Waals surface area contributed by atoms with Crippen molar-refractivity contribution in [3.05, 3.63) is 22.4 Å². The summed E-state index contributed by atoms with van der Waals surface area (Å²) in [7, 11) is 0. The van der Waals surface area contributed by atoms with Crippen LogP contribution in [-0.4, -0.2) is 18.6 Å². The minimum atomic E-state index is 0.458. The molecule has 0 unspecified atom stereocenters. The van der Waals surface area contributed by atoms with Crippen LogP contribution in [-0.2, 0) is 6.42 Å². The second-order valence-corrected chi connectivity index (χ2v) is 4.74. The van der Waals surface area contributed by atoms with Gasteiger partial charge in [-0.25, -0.2) is 0 Å². The predicted molar refractivity (Wildman–Crippen MR) is 57.0 cm³/mol. The van der Waals surface area contributed by atoms with Crippen LogP contribution in [0.4, 0.5) is 0 Å². The Balaban J connectivity index is 1.59. The highest BCUT2D eigenvalue weighted by molar-refractivity contribution is 7.09. The average Bonchev–Trinajstić information content (AvgIpc) is 2.53. The molecule has 1 aromatic rings. The second-order valence-electron chi connectivity index (χ2n) is 3.71. The number of hydrogen-bond donors (Lipinski definition) is 2. The molecular formula is C10H16N2S. The zero-order valence-corrected chi connectivity index (χ0v) is 8.52. The summed E-state index contributed by atoms with van der Waals surface area (Å²) >= 11 is 1.84. The largest absolute Gasteiger partial charge is 0.328 e. The maximum atomic E-state index is 5.70. The summed E-state index contributed by atoms with van der Waals surface area (Å²) in [5.74, 6) is 0. The normalized spacial score (nSPS) is 27.2. The number of hydrogen-bond acceptors (Lipinski definition) is 3. The molecular weight excluding hydrogens is 180 g/mol. The Morgan fingerprint density at radius 2 is 2.38 bits per heavy atom. The van der Waals surface area contributed by atoms with Crippen molar-refractivity contribution in [2.24, 2.45) is 5.73 Å². The summed E-state index contributed by atoms with van der Waals surface area (Å²) in [6.07, 6.45) is 3.47. The van der Waals surface area contributed by atoms with E-state index in [2.05, 4.69) is 22.8 Å². The van der Waals surface area contributed by atoms with Gasteiger partial charge in [-0.2, -0.15) is 0 Å². The Morgan fingerprint density at radius 3 is 3.00 bits per heavy atom. The standard InChI is InChI=1S/C10H16N2S/c11-8-6-9(7-8)12-4-3-10-2-1-5-13-10/h1-2,5,8-9,12H,3-4,6-7,11H2. The molecule has 0 amide bonds. The lowest BCUT2D eigenvalue weighted by Gasteiger charge is -2.33. The first-order chi connectivity index (χ1) is 6.34. The first kappa shape index (κ1) is 9.19. The van der Waals surface area contributed by atoms with Crippen LogP contribution in [0.3, 0.4) is 0 Å². The lowest BCUT2D eigenvalue weighted by atomic mass is 9.88. The lowest BCUT2D eigenvalue weighted by Crippen LogP contribution is -2.48. The third-order valence-electron chi connectivity index (χ3n) is 2.56. The molecule has 1 heterocycles. The summed E-state index contributed by atoms with van der Waals surface area (Å²) < 4.78 is 0. The SMILES string of the molecule is NC1CC(NCCc2cccs2)C1. The van der Waals surface area contributed by atoms with E-state index in [4.69, 9.17) is 5.73 Å². The summed E-state index contributed by atoms with van der Waals surface area (Å²) in [4.78, 5) is 1.47. The Hall–Kier alpha value is -0.380. The Labute approximate surface area is 83.1 Å². The van der Waals surface area contributed by atoms with Crippen LogP contribution in [0.15, 0.2) is 17.5 Å². The van der Waals surface area contributed by atoms with Gasteiger partial charge in [-0.15, -0.1) is 11.3 Å². The number of thiophene rings is 1. The van der Waals surface area contributed by atoms with Gasteiger partial charge in [0.2, 0.25) is 0 Å². The number of nitrogens with two attached hydrogens (primary N) is 1. The van der Waals surface area contributed by atoms with E-state index in [9.17, 15) is 0 Å². The fourth-order valence-corrected chi connectivity index (χ4v) is 2.39. The fraction of sp³-hybridized carbons (Fsp3) is 0.600. The van der Waals surface area contributed by atoms with Crippen molar-refractivity contribution in [1.29, 1.82) is 0 Å². The van der Waals surface area contributed by atoms with Gasteiger partial charge in [0.1, 0.15) is 0 Å². The third kappa shape index (κ3) is 2.53. The molecule has 0 atom stereocenters. The van der Waals surface area contributed by atoms with Crippen molar-refractivity contribution in [2.45, 2.75) is 31.3 Å². The first-order valence-electron chi connectivity index (χ1n) is 4.86. The van der Waals surface area contributed by atoms with Crippen LogP contribution in [0.2, 0.25) is 0 Å². The fourth-order valence-electron chi connectivity index (χ4n) is 1.68. The summed E-state index contributed by atoms with van der Waals surface area (Å²) in [6.45, 7) is 1.10. The van der Waals surface area contributed by atoms with Crippen molar-refractivity contribution in [3.63, 3.8) is 0 Å². The Morgan fingerprint density at radius 1 is 1.54 bits per heavy atom. The van der Waals surface area contributed by atoms with Crippen LogP contribution >= 0.6 is 11.3 Å². The molecule has 1 aliphatic rings. The molecule has 3 heteroatoms. The zero-order valence-electron chi connectivity index (χ0n) is 7.70. The highest BCUT2D eigenvalue weighted by Gasteiger charge is 2.24. The lowest BCUT2D eigenvalue weighted by molar-refractivity contribution is 0.294. The average molecular weight is 196 g/mol. The van der Waals surface area contributed by atoms with Crippen molar-refractivity contribution in [1.82, 2.24) is 5.32 Å². The highest BCUT2D eigenvalue weighted by Crippen LogP contribution is 2.17. The molecule has 3 N–H and O–H groups in total. The van der Waals surface area contributed by atoms with Gasteiger partial charge in [-0.05, 0) is 30.7 Å². The van der Waals surface area contributed by atoms with Gasteiger partial charge < -0.3 is 11.1 Å². The van der Waals surface area contributed by atoms with E-state index in [1.165, 1.54) is 4.88 Å². The molecule has 0 bridgehead atoms. The molecule has 0 spiro atoms. The van der Waals surface area contributed by atoms with Crippen LogP contribution in [0.1, 0.15) is 17.7 Å². The number of nitrogens with one attached hydrogen (secondary N) is 1. The third-order valence-corrected chi connectivity index (χ3v) is 3.50. The van der Waals surface area contributed by atoms with Crippen LogP contribution in [0.25, 0.3) is 0 Å². The molecule has 1 fully saturated rings. The van der Waals surface area contributed by atoms with E-state index in [0.717, 1.165) is 25.8 Å². The summed E-state index contributed by atoms with van der Waals surface area (Å²) in [5.41, 5.74) is 5.70. The minimum Gasteiger partial charge on any atom is -0.328 e. The van der Waals surface area contributed by atoms with Crippen LogP contribution in [0.5, 0.6) is 0 Å². The van der Waals surface area contributed by atoms with Crippen LogP contribution < -0.4 is 11.1 Å². The van der Waals surface area contributed by atoms with E-state index in [1.54, 1.807) is 0 Å². The molecule has 0 radical (unpaired) electrons. The molecule has 1 saturated carbocycles. The maximum absolute atomic E-state index is 5.70. The van der Waals surface area contributed by atoms with Gasteiger partial charge in [-0.3, -0.25) is 0 Å². The van der Waals surface area contributed by atoms with E-state index in [0.29, 0.717) is 12.1 Å². The molecule has 72 valence electrons. The molecule has 0 aliphatic heterocycles. The van der Waals surface area contributed by atoms with Crippen molar-refractivity contribution in [3.8, 4) is 0 Å². The molecule has 2 rings (SSSR count). The van der Waals surface area contributed by atoms with E-state index in [1.807, 2.05) is 11.3 Å². The summed E-state index contributed by atoms with van der Waals surface area (Å²) in [6, 6.07) is 5.45.